The van der Waals surface area contributed by atoms with Gasteiger partial charge in [-0.1, -0.05) is 41.7 Å². The van der Waals surface area contributed by atoms with Crippen molar-refractivity contribution < 1.29 is 4.52 Å². The minimum atomic E-state index is 0.608. The van der Waals surface area contributed by atoms with E-state index in [9.17, 15) is 0 Å². The van der Waals surface area contributed by atoms with Crippen LogP contribution in [-0.4, -0.2) is 52.2 Å². The predicted octanol–water partition coefficient (Wildman–Crippen LogP) is 3.45. The molecule has 0 amide bonds. The maximum Gasteiger partial charge on any atom is 0.241 e. The molecule has 2 fully saturated rings. The Hall–Kier alpha value is -1.43. The maximum atomic E-state index is 6.03. The van der Waals surface area contributed by atoms with Gasteiger partial charge < -0.3 is 4.52 Å². The summed E-state index contributed by atoms with van der Waals surface area (Å²) in [6.07, 6.45) is 5.57. The highest BCUT2D eigenvalue weighted by Crippen LogP contribution is 2.25. The molecule has 4 rings (SSSR count). The van der Waals surface area contributed by atoms with Gasteiger partial charge in [0.15, 0.2) is 0 Å². The SMILES string of the molecule is Clc1cccc(-c2noc(CN3CCN(C4CCCC4)CC3)n2)c1. The molecule has 5 nitrogen and oxygen atoms in total. The van der Waals surface area contributed by atoms with Gasteiger partial charge in [0.25, 0.3) is 0 Å². The van der Waals surface area contributed by atoms with Crippen LogP contribution < -0.4 is 0 Å². The van der Waals surface area contributed by atoms with Crippen LogP contribution in [0.1, 0.15) is 31.6 Å². The van der Waals surface area contributed by atoms with Crippen LogP contribution in [0.3, 0.4) is 0 Å². The van der Waals surface area contributed by atoms with Gasteiger partial charge in [-0.3, -0.25) is 9.80 Å². The van der Waals surface area contributed by atoms with Crippen LogP contribution in [0.2, 0.25) is 5.02 Å². The van der Waals surface area contributed by atoms with E-state index >= 15 is 0 Å². The van der Waals surface area contributed by atoms with Crippen molar-refractivity contribution in [2.75, 3.05) is 26.2 Å². The largest absolute Gasteiger partial charge is 0.338 e. The van der Waals surface area contributed by atoms with Crippen LogP contribution in [0.4, 0.5) is 0 Å². The molecule has 0 spiro atoms. The first-order valence-electron chi connectivity index (χ1n) is 8.83. The van der Waals surface area contributed by atoms with Crippen LogP contribution in [0.15, 0.2) is 28.8 Å². The van der Waals surface area contributed by atoms with Gasteiger partial charge in [-0.15, -0.1) is 0 Å². The molecule has 0 unspecified atom stereocenters. The topological polar surface area (TPSA) is 45.4 Å². The number of hydrogen-bond acceptors (Lipinski definition) is 5. The molecular weight excluding hydrogens is 324 g/mol. The summed E-state index contributed by atoms with van der Waals surface area (Å²) in [6.45, 7) is 5.18. The number of aromatic nitrogens is 2. The third kappa shape index (κ3) is 3.63. The third-order valence-corrected chi connectivity index (χ3v) is 5.39. The molecule has 2 aliphatic rings. The van der Waals surface area contributed by atoms with Crippen molar-refractivity contribution in [3.8, 4) is 11.4 Å². The van der Waals surface area contributed by atoms with Gasteiger partial charge in [-0.2, -0.15) is 4.98 Å². The summed E-state index contributed by atoms with van der Waals surface area (Å²) in [5.74, 6) is 1.29. The summed E-state index contributed by atoms with van der Waals surface area (Å²) >= 11 is 6.03. The first-order valence-corrected chi connectivity index (χ1v) is 9.21. The Morgan fingerprint density at radius 2 is 1.92 bits per heavy atom. The Morgan fingerprint density at radius 1 is 1.12 bits per heavy atom. The summed E-state index contributed by atoms with van der Waals surface area (Å²) in [6, 6.07) is 8.37. The van der Waals surface area contributed by atoms with Crippen LogP contribution in [0.25, 0.3) is 11.4 Å². The zero-order chi connectivity index (χ0) is 16.4. The smallest absolute Gasteiger partial charge is 0.241 e. The Balaban J connectivity index is 1.33. The minimum absolute atomic E-state index is 0.608. The van der Waals surface area contributed by atoms with Gasteiger partial charge in [0, 0.05) is 42.8 Å². The second kappa shape index (κ2) is 7.21. The van der Waals surface area contributed by atoms with Gasteiger partial charge in [0.2, 0.25) is 11.7 Å². The molecule has 24 heavy (non-hydrogen) atoms. The molecule has 0 radical (unpaired) electrons. The standard InChI is InChI=1S/C18H23ClN4O/c19-15-5-3-4-14(12-15)18-20-17(24-21-18)13-22-8-10-23(11-9-22)16-6-1-2-7-16/h3-5,12,16H,1-2,6-11,13H2. The molecule has 1 aromatic heterocycles. The van der Waals surface area contributed by atoms with Crippen molar-refractivity contribution in [1.29, 1.82) is 0 Å². The molecule has 1 aliphatic heterocycles. The molecule has 1 saturated heterocycles. The number of benzene rings is 1. The second-order valence-electron chi connectivity index (χ2n) is 6.77. The minimum Gasteiger partial charge on any atom is -0.338 e. The van der Waals surface area contributed by atoms with E-state index in [4.69, 9.17) is 16.1 Å². The molecule has 1 aliphatic carbocycles. The Kier molecular flexibility index (Phi) is 4.83. The average molecular weight is 347 g/mol. The molecule has 0 N–H and O–H groups in total. The lowest BCUT2D eigenvalue weighted by atomic mass is 10.2. The van der Waals surface area contributed by atoms with E-state index in [0.29, 0.717) is 16.7 Å². The summed E-state index contributed by atoms with van der Waals surface area (Å²) < 4.78 is 5.43. The summed E-state index contributed by atoms with van der Waals surface area (Å²) in [4.78, 5) is 9.59. The van der Waals surface area contributed by atoms with Crippen LogP contribution in [0.5, 0.6) is 0 Å². The van der Waals surface area contributed by atoms with Crippen molar-refractivity contribution in [1.82, 2.24) is 19.9 Å². The van der Waals surface area contributed by atoms with Gasteiger partial charge in [-0.25, -0.2) is 0 Å². The van der Waals surface area contributed by atoms with Gasteiger partial charge in [0.05, 0.1) is 6.54 Å². The third-order valence-electron chi connectivity index (χ3n) is 5.16. The van der Waals surface area contributed by atoms with Crippen molar-refractivity contribution >= 4 is 11.6 Å². The Labute approximate surface area is 147 Å². The molecule has 1 saturated carbocycles. The quantitative estimate of drug-likeness (QED) is 0.848. The van der Waals surface area contributed by atoms with E-state index in [1.165, 1.54) is 25.7 Å². The first-order chi connectivity index (χ1) is 11.8. The van der Waals surface area contributed by atoms with Crippen LogP contribution >= 0.6 is 11.6 Å². The molecule has 2 aromatic rings. The van der Waals surface area contributed by atoms with E-state index in [1.54, 1.807) is 0 Å². The fourth-order valence-corrected chi connectivity index (χ4v) is 4.00. The zero-order valence-corrected chi connectivity index (χ0v) is 14.6. The fourth-order valence-electron chi connectivity index (χ4n) is 3.81. The molecule has 128 valence electrons. The predicted molar refractivity (Wildman–Crippen MR) is 93.9 cm³/mol. The highest BCUT2D eigenvalue weighted by Gasteiger charge is 2.26. The molecule has 0 atom stereocenters. The molecular formula is C18H23ClN4O. The average Bonchev–Trinajstić information content (AvgIpc) is 3.27. The van der Waals surface area contributed by atoms with E-state index < -0.39 is 0 Å². The van der Waals surface area contributed by atoms with E-state index in [-0.39, 0.29) is 0 Å². The Morgan fingerprint density at radius 3 is 2.67 bits per heavy atom. The highest BCUT2D eigenvalue weighted by molar-refractivity contribution is 6.30. The van der Waals surface area contributed by atoms with E-state index in [0.717, 1.165) is 44.3 Å². The highest BCUT2D eigenvalue weighted by atomic mass is 35.5. The molecule has 1 aromatic carbocycles. The molecule has 6 heteroatoms. The number of rotatable bonds is 4. The number of hydrogen-bond donors (Lipinski definition) is 0. The number of halogens is 1. The lowest BCUT2D eigenvalue weighted by molar-refractivity contribution is 0.0868. The van der Waals surface area contributed by atoms with Crippen molar-refractivity contribution in [3.63, 3.8) is 0 Å². The maximum absolute atomic E-state index is 6.03. The second-order valence-corrected chi connectivity index (χ2v) is 7.21. The number of piperazine rings is 1. The van der Waals surface area contributed by atoms with Crippen molar-refractivity contribution in [3.05, 3.63) is 35.2 Å². The van der Waals surface area contributed by atoms with Gasteiger partial charge >= 0.3 is 0 Å². The zero-order valence-electron chi connectivity index (χ0n) is 13.8. The van der Waals surface area contributed by atoms with Gasteiger partial charge in [-0.05, 0) is 25.0 Å². The first kappa shape index (κ1) is 16.1. The van der Waals surface area contributed by atoms with Crippen molar-refractivity contribution in [2.45, 2.75) is 38.3 Å². The number of nitrogens with zero attached hydrogens (tertiary/aromatic N) is 4. The summed E-state index contributed by atoms with van der Waals surface area (Å²) in [7, 11) is 0. The van der Waals surface area contributed by atoms with E-state index in [2.05, 4.69) is 19.9 Å². The van der Waals surface area contributed by atoms with Crippen molar-refractivity contribution in [2.24, 2.45) is 0 Å². The normalized spacial score (nSPS) is 20.7. The van der Waals surface area contributed by atoms with Gasteiger partial charge in [0.1, 0.15) is 0 Å². The summed E-state index contributed by atoms with van der Waals surface area (Å²) in [5, 5.41) is 4.77. The molecule has 0 bridgehead atoms. The van der Waals surface area contributed by atoms with E-state index in [1.807, 2.05) is 24.3 Å². The monoisotopic (exact) mass is 346 g/mol. The molecule has 2 heterocycles. The Bertz CT molecular complexity index is 675. The van der Waals surface area contributed by atoms with Crippen LogP contribution in [0, 0.1) is 0 Å². The summed E-state index contributed by atoms with van der Waals surface area (Å²) in [5.41, 5.74) is 0.892. The lowest BCUT2D eigenvalue weighted by Gasteiger charge is -2.37. The fraction of sp³-hybridized carbons (Fsp3) is 0.556. The lowest BCUT2D eigenvalue weighted by Crippen LogP contribution is -2.49. The van der Waals surface area contributed by atoms with Crippen LogP contribution in [-0.2, 0) is 6.54 Å².